The molecule has 2 N–H and O–H groups in total. The number of rotatable bonds is 15. The van der Waals surface area contributed by atoms with Gasteiger partial charge in [0.25, 0.3) is 0 Å². The van der Waals surface area contributed by atoms with Crippen LogP contribution in [0.2, 0.25) is 0 Å². The summed E-state index contributed by atoms with van der Waals surface area (Å²) in [5.74, 6) is -0.225. The van der Waals surface area contributed by atoms with Gasteiger partial charge < -0.3 is 10.2 Å². The molecule has 0 aliphatic heterocycles. The van der Waals surface area contributed by atoms with Crippen molar-refractivity contribution < 1.29 is 15.0 Å². The van der Waals surface area contributed by atoms with E-state index in [1.165, 1.54) is 51.4 Å². The van der Waals surface area contributed by atoms with Crippen LogP contribution in [0.15, 0.2) is 0 Å². The number of Topliss-reactive ketones (excluding diaryl/α,β-unsaturated/α-hetero) is 1. The van der Waals surface area contributed by atoms with Crippen LogP contribution in [-0.2, 0) is 4.79 Å². The normalized spacial score (nSPS) is 14.3. The molecule has 0 spiro atoms. The van der Waals surface area contributed by atoms with Crippen molar-refractivity contribution in [2.75, 3.05) is 6.61 Å². The van der Waals surface area contributed by atoms with Crippen LogP contribution in [-0.4, -0.2) is 28.7 Å². The SMILES string of the molecule is CCCCCCCCCCCCC(=O)C(C(C)C)C(O)CO. The largest absolute Gasteiger partial charge is 0.394 e. The second kappa shape index (κ2) is 14.2. The third kappa shape index (κ3) is 10.3. The minimum Gasteiger partial charge on any atom is -0.394 e. The summed E-state index contributed by atoms with van der Waals surface area (Å²) >= 11 is 0. The van der Waals surface area contributed by atoms with Crippen molar-refractivity contribution in [3.63, 3.8) is 0 Å². The van der Waals surface area contributed by atoms with Crippen molar-refractivity contribution >= 4 is 5.78 Å². The number of aliphatic hydroxyl groups excluding tert-OH is 2. The second-order valence-electron chi connectivity index (χ2n) is 6.92. The summed E-state index contributed by atoms with van der Waals surface area (Å²) in [4.78, 5) is 12.1. The Bertz CT molecular complexity index is 263. The molecule has 0 rings (SSSR count). The summed E-state index contributed by atoms with van der Waals surface area (Å²) in [6, 6.07) is 0. The van der Waals surface area contributed by atoms with E-state index in [1.807, 2.05) is 13.8 Å². The molecule has 0 amide bonds. The van der Waals surface area contributed by atoms with Gasteiger partial charge in [0.2, 0.25) is 0 Å². The molecule has 3 nitrogen and oxygen atoms in total. The molecule has 3 heteroatoms. The first-order valence-electron chi connectivity index (χ1n) is 9.36. The molecule has 0 fully saturated rings. The predicted octanol–water partition coefficient (Wildman–Crippen LogP) is 4.49. The van der Waals surface area contributed by atoms with Gasteiger partial charge in [-0.2, -0.15) is 0 Å². The van der Waals surface area contributed by atoms with Crippen LogP contribution < -0.4 is 0 Å². The fourth-order valence-corrected chi connectivity index (χ4v) is 3.10. The Morgan fingerprint density at radius 2 is 1.32 bits per heavy atom. The van der Waals surface area contributed by atoms with Crippen LogP contribution in [0.5, 0.6) is 0 Å². The molecular formula is C19H38O3. The molecule has 0 bridgehead atoms. The van der Waals surface area contributed by atoms with E-state index < -0.39 is 12.0 Å². The molecular weight excluding hydrogens is 276 g/mol. The maximum absolute atomic E-state index is 12.1. The second-order valence-corrected chi connectivity index (χ2v) is 6.92. The van der Waals surface area contributed by atoms with Crippen LogP contribution in [0, 0.1) is 11.8 Å². The van der Waals surface area contributed by atoms with E-state index in [1.54, 1.807) is 0 Å². The maximum atomic E-state index is 12.1. The average molecular weight is 315 g/mol. The molecule has 132 valence electrons. The maximum Gasteiger partial charge on any atom is 0.138 e. The number of carbonyl (C=O) groups is 1. The molecule has 0 radical (unpaired) electrons. The highest BCUT2D eigenvalue weighted by atomic mass is 16.3. The minimum atomic E-state index is -0.907. The number of hydrogen-bond donors (Lipinski definition) is 2. The Morgan fingerprint density at radius 3 is 1.73 bits per heavy atom. The molecule has 2 unspecified atom stereocenters. The fraction of sp³-hybridized carbons (Fsp3) is 0.947. The lowest BCUT2D eigenvalue weighted by Crippen LogP contribution is -2.35. The van der Waals surface area contributed by atoms with Crippen LogP contribution in [0.25, 0.3) is 0 Å². The van der Waals surface area contributed by atoms with Gasteiger partial charge >= 0.3 is 0 Å². The zero-order valence-electron chi connectivity index (χ0n) is 15.0. The van der Waals surface area contributed by atoms with Gasteiger partial charge in [-0.3, -0.25) is 4.79 Å². The summed E-state index contributed by atoms with van der Waals surface area (Å²) in [5.41, 5.74) is 0. The van der Waals surface area contributed by atoms with Gasteiger partial charge in [0, 0.05) is 12.3 Å². The fourth-order valence-electron chi connectivity index (χ4n) is 3.10. The Kier molecular flexibility index (Phi) is 13.9. The third-order valence-corrected chi connectivity index (χ3v) is 4.47. The monoisotopic (exact) mass is 314 g/mol. The summed E-state index contributed by atoms with van der Waals surface area (Å²) in [5, 5.41) is 18.8. The van der Waals surface area contributed by atoms with Gasteiger partial charge in [-0.15, -0.1) is 0 Å². The third-order valence-electron chi connectivity index (χ3n) is 4.47. The van der Waals surface area contributed by atoms with Gasteiger partial charge in [0.15, 0.2) is 0 Å². The van der Waals surface area contributed by atoms with E-state index in [-0.39, 0.29) is 18.3 Å². The Balaban J connectivity index is 3.63. The van der Waals surface area contributed by atoms with E-state index in [0.29, 0.717) is 6.42 Å². The van der Waals surface area contributed by atoms with Gasteiger partial charge in [0.05, 0.1) is 12.7 Å². The van der Waals surface area contributed by atoms with Crippen LogP contribution >= 0.6 is 0 Å². The first-order chi connectivity index (χ1) is 10.5. The van der Waals surface area contributed by atoms with Gasteiger partial charge in [-0.25, -0.2) is 0 Å². The van der Waals surface area contributed by atoms with Crippen molar-refractivity contribution in [1.82, 2.24) is 0 Å². The highest BCUT2D eigenvalue weighted by molar-refractivity contribution is 5.81. The van der Waals surface area contributed by atoms with Crippen molar-refractivity contribution in [2.45, 2.75) is 97.5 Å². The Morgan fingerprint density at radius 1 is 0.864 bits per heavy atom. The van der Waals surface area contributed by atoms with Crippen molar-refractivity contribution in [1.29, 1.82) is 0 Å². The molecule has 22 heavy (non-hydrogen) atoms. The summed E-state index contributed by atoms with van der Waals surface area (Å²) in [6.07, 6.45) is 12.2. The lowest BCUT2D eigenvalue weighted by Gasteiger charge is -2.23. The van der Waals surface area contributed by atoms with Crippen LogP contribution in [0.4, 0.5) is 0 Å². The molecule has 0 saturated heterocycles. The van der Waals surface area contributed by atoms with Crippen LogP contribution in [0.1, 0.15) is 91.4 Å². The van der Waals surface area contributed by atoms with Crippen molar-refractivity contribution in [2.24, 2.45) is 11.8 Å². The molecule has 0 aromatic carbocycles. The van der Waals surface area contributed by atoms with E-state index >= 15 is 0 Å². The molecule has 0 aliphatic rings. The number of aliphatic hydroxyl groups is 2. The number of hydrogen-bond acceptors (Lipinski definition) is 3. The van der Waals surface area contributed by atoms with E-state index in [9.17, 15) is 9.90 Å². The summed E-state index contributed by atoms with van der Waals surface area (Å²) in [6.45, 7) is 5.78. The topological polar surface area (TPSA) is 57.5 Å². The molecule has 0 heterocycles. The van der Waals surface area contributed by atoms with E-state index in [2.05, 4.69) is 6.92 Å². The van der Waals surface area contributed by atoms with E-state index in [0.717, 1.165) is 12.8 Å². The first-order valence-corrected chi connectivity index (χ1v) is 9.36. The quantitative estimate of drug-likeness (QED) is 0.438. The van der Waals surface area contributed by atoms with E-state index in [4.69, 9.17) is 5.11 Å². The molecule has 0 saturated carbocycles. The van der Waals surface area contributed by atoms with Gasteiger partial charge in [-0.1, -0.05) is 78.6 Å². The van der Waals surface area contributed by atoms with Crippen molar-refractivity contribution in [3.05, 3.63) is 0 Å². The zero-order chi connectivity index (χ0) is 16.8. The average Bonchev–Trinajstić information content (AvgIpc) is 2.48. The predicted molar refractivity (Wildman–Crippen MR) is 92.9 cm³/mol. The minimum absolute atomic E-state index is 0.0813. The molecule has 0 aromatic heterocycles. The molecule has 2 atom stereocenters. The Hall–Kier alpha value is -0.410. The smallest absolute Gasteiger partial charge is 0.138 e. The molecule has 0 aromatic rings. The lowest BCUT2D eigenvalue weighted by molar-refractivity contribution is -0.129. The first kappa shape index (κ1) is 21.6. The van der Waals surface area contributed by atoms with Crippen molar-refractivity contribution in [3.8, 4) is 0 Å². The van der Waals surface area contributed by atoms with Gasteiger partial charge in [0.1, 0.15) is 5.78 Å². The Labute approximate surface area is 137 Å². The molecule has 0 aliphatic carbocycles. The summed E-state index contributed by atoms with van der Waals surface area (Å²) < 4.78 is 0. The highest BCUT2D eigenvalue weighted by Crippen LogP contribution is 2.20. The summed E-state index contributed by atoms with van der Waals surface area (Å²) in [7, 11) is 0. The number of ketones is 1. The number of unbranched alkanes of at least 4 members (excludes halogenated alkanes) is 9. The number of carbonyl (C=O) groups excluding carboxylic acids is 1. The van der Waals surface area contributed by atoms with Gasteiger partial charge in [-0.05, 0) is 12.3 Å². The standard InChI is InChI=1S/C19H38O3/c1-4-5-6-7-8-9-10-11-12-13-14-17(21)19(16(2)3)18(22)15-20/h16,18-20,22H,4-15H2,1-3H3. The highest BCUT2D eigenvalue weighted by Gasteiger charge is 2.28. The van der Waals surface area contributed by atoms with Crippen LogP contribution in [0.3, 0.4) is 0 Å². The zero-order valence-corrected chi connectivity index (χ0v) is 15.0. The lowest BCUT2D eigenvalue weighted by atomic mass is 9.84.